The van der Waals surface area contributed by atoms with Gasteiger partial charge in [-0.15, -0.1) is 53.1 Å². The summed E-state index contributed by atoms with van der Waals surface area (Å²) in [5.74, 6) is 0. The first-order valence-electron chi connectivity index (χ1n) is 19.1. The second-order valence-electron chi connectivity index (χ2n) is 15.8. The average molecular weight is 864 g/mol. The molecule has 5 heteroatoms. The topological polar surface area (TPSA) is 62.7 Å². The fourth-order valence-electron chi connectivity index (χ4n) is 6.11. The van der Waals surface area contributed by atoms with Crippen LogP contribution in [0.1, 0.15) is 90.1 Å². The number of pyridine rings is 2. The number of rotatable bonds is 3. The Morgan fingerprint density at radius 1 is 0.750 bits per heavy atom. The van der Waals surface area contributed by atoms with Gasteiger partial charge in [-0.2, -0.15) is 5.26 Å². The zero-order valence-electron chi connectivity index (χ0n) is 35.2. The Kier molecular flexibility index (Phi) is 9.51. The third kappa shape index (κ3) is 7.95. The minimum absolute atomic E-state index is 0. The molecule has 3 heterocycles. The maximum atomic E-state index is 9.93. The van der Waals surface area contributed by atoms with Gasteiger partial charge in [0.05, 0.1) is 22.7 Å². The Morgan fingerprint density at radius 2 is 1.46 bits per heavy atom. The molecule has 0 unspecified atom stereocenters. The van der Waals surface area contributed by atoms with E-state index in [4.69, 9.17) is 14.9 Å². The minimum atomic E-state index is -0.314. The first-order valence-corrected chi connectivity index (χ1v) is 17.1. The van der Waals surface area contributed by atoms with Crippen molar-refractivity contribution in [3.8, 4) is 39.7 Å². The van der Waals surface area contributed by atoms with Crippen molar-refractivity contribution in [3.63, 3.8) is 0 Å². The van der Waals surface area contributed by atoms with E-state index in [2.05, 4.69) is 104 Å². The second-order valence-corrected chi connectivity index (χ2v) is 15.8. The summed E-state index contributed by atoms with van der Waals surface area (Å²) in [6.07, 6.45) is 1.58. The van der Waals surface area contributed by atoms with Crippen molar-refractivity contribution in [2.75, 3.05) is 0 Å². The van der Waals surface area contributed by atoms with Crippen LogP contribution in [-0.2, 0) is 36.4 Å². The van der Waals surface area contributed by atoms with Gasteiger partial charge < -0.3 is 14.4 Å². The molecule has 0 saturated heterocycles. The maximum absolute atomic E-state index is 9.93. The van der Waals surface area contributed by atoms with Crippen LogP contribution in [-0.4, -0.2) is 9.97 Å². The molecule has 4 aromatic carbocycles. The van der Waals surface area contributed by atoms with Crippen LogP contribution in [0.2, 0.25) is 0 Å². The minimum Gasteiger partial charge on any atom is -0.500 e. The molecule has 52 heavy (non-hydrogen) atoms. The third-order valence-electron chi connectivity index (χ3n) is 8.98. The molecule has 4 nitrogen and oxygen atoms in total. The average Bonchev–Trinajstić information content (AvgIpc) is 3.54. The normalized spacial score (nSPS) is 12.8. The Morgan fingerprint density at radius 3 is 2.13 bits per heavy atom. The fraction of sp³-hybridized carbons (Fsp3) is 0.255. The van der Waals surface area contributed by atoms with Crippen molar-refractivity contribution in [1.29, 1.82) is 5.26 Å². The molecule has 0 aliphatic rings. The van der Waals surface area contributed by atoms with Crippen molar-refractivity contribution in [2.24, 2.45) is 0 Å². The summed E-state index contributed by atoms with van der Waals surface area (Å²) in [6, 6.07) is 34.0. The van der Waals surface area contributed by atoms with E-state index in [1.165, 1.54) is 5.56 Å². The van der Waals surface area contributed by atoms with Crippen LogP contribution < -0.4 is 0 Å². The van der Waals surface area contributed by atoms with Gasteiger partial charge in [-0.05, 0) is 56.9 Å². The molecule has 0 amide bonds. The Balaban J connectivity index is 0.000000244. The molecule has 0 atom stereocenters. The van der Waals surface area contributed by atoms with Crippen molar-refractivity contribution >= 4 is 21.9 Å². The summed E-state index contributed by atoms with van der Waals surface area (Å²) in [5, 5.41) is 12.0. The number of hydrogen-bond donors (Lipinski definition) is 0. The summed E-state index contributed by atoms with van der Waals surface area (Å²) >= 11 is 0. The number of nitrogens with zero attached hydrogens (tertiary/aromatic N) is 3. The van der Waals surface area contributed by atoms with Crippen LogP contribution >= 0.6 is 0 Å². The quantitative estimate of drug-likeness (QED) is 0.166. The van der Waals surface area contributed by atoms with Crippen LogP contribution in [0.15, 0.2) is 114 Å². The Labute approximate surface area is 327 Å². The first-order chi connectivity index (χ1) is 25.8. The first kappa shape index (κ1) is 33.0. The molecular weight excluding hydrogens is 815 g/mol. The Bertz CT molecular complexity index is 2610. The molecule has 265 valence electrons. The summed E-state index contributed by atoms with van der Waals surface area (Å²) in [6.45, 7) is 19.5. The zero-order chi connectivity index (χ0) is 40.0. The molecule has 7 aromatic rings. The van der Waals surface area contributed by atoms with Crippen LogP contribution in [0.5, 0.6) is 0 Å². The maximum Gasteiger partial charge on any atom is 0.130 e. The largest absolute Gasteiger partial charge is 0.500 e. The van der Waals surface area contributed by atoms with Crippen LogP contribution in [0.3, 0.4) is 0 Å². The number of hydrogen-bond acceptors (Lipinski definition) is 4. The van der Waals surface area contributed by atoms with Crippen LogP contribution in [0, 0.1) is 23.5 Å². The van der Waals surface area contributed by atoms with Crippen molar-refractivity contribution < 1.29 is 30.0 Å². The van der Waals surface area contributed by atoms with Gasteiger partial charge in [-0.3, -0.25) is 0 Å². The van der Waals surface area contributed by atoms with E-state index in [1.54, 1.807) is 6.07 Å². The van der Waals surface area contributed by atoms with E-state index in [0.717, 1.165) is 55.4 Å². The molecular formula is C47H45IrN3O-2. The summed E-state index contributed by atoms with van der Waals surface area (Å²) in [4.78, 5) is 8.67. The van der Waals surface area contributed by atoms with Gasteiger partial charge in [0.25, 0.3) is 0 Å². The molecule has 7 rings (SSSR count). The number of benzene rings is 4. The number of furan rings is 1. The van der Waals surface area contributed by atoms with Gasteiger partial charge in [0.1, 0.15) is 5.58 Å². The molecule has 0 saturated carbocycles. The standard InChI is InChI=1S/C32H29N2O.C15H16N.Ir/c1-31(2,3)22-16-17-34-26(18-22)23-14-15-25(32(4,5)6)28-24-13-12-21(19-33)27(30(24)35-29(23)28)20-10-8-7-9-11-20;1-15(2,3)13-8-6-7-12(11-13)14-9-4-5-10-16-14;/h7-13,15-18H,1-6H3;4-6,8-11H,1-3H3;/q2*-1;/i;4D,5D,9D,10D;. The Hall–Kier alpha value is -4.88. The van der Waals surface area contributed by atoms with E-state index < -0.39 is 0 Å². The zero-order valence-corrected chi connectivity index (χ0v) is 33.6. The molecule has 0 spiro atoms. The van der Waals surface area contributed by atoms with E-state index in [9.17, 15) is 5.26 Å². The second kappa shape index (κ2) is 15.0. The molecule has 0 aliphatic heterocycles. The number of fused-ring (bicyclic) bond motifs is 3. The van der Waals surface area contributed by atoms with Crippen molar-refractivity contribution in [1.82, 2.24) is 9.97 Å². The predicted molar refractivity (Wildman–Crippen MR) is 211 cm³/mol. The molecule has 0 aliphatic carbocycles. The van der Waals surface area contributed by atoms with Crippen molar-refractivity contribution in [2.45, 2.75) is 78.6 Å². The number of aromatic nitrogens is 2. The van der Waals surface area contributed by atoms with E-state index in [0.29, 0.717) is 11.1 Å². The van der Waals surface area contributed by atoms with Gasteiger partial charge in [0, 0.05) is 43.4 Å². The summed E-state index contributed by atoms with van der Waals surface area (Å²) in [5.41, 5.74) is 9.64. The molecule has 0 N–H and O–H groups in total. The van der Waals surface area contributed by atoms with E-state index >= 15 is 0 Å². The molecule has 0 bridgehead atoms. The van der Waals surface area contributed by atoms with Gasteiger partial charge >= 0.3 is 0 Å². The van der Waals surface area contributed by atoms with Crippen LogP contribution in [0.25, 0.3) is 55.6 Å². The van der Waals surface area contributed by atoms with E-state index in [1.807, 2.05) is 60.8 Å². The van der Waals surface area contributed by atoms with Gasteiger partial charge in [0.15, 0.2) is 0 Å². The molecule has 3 aromatic heterocycles. The monoisotopic (exact) mass is 864 g/mol. The van der Waals surface area contributed by atoms with E-state index in [-0.39, 0.29) is 66.3 Å². The van der Waals surface area contributed by atoms with Crippen LogP contribution in [0.4, 0.5) is 0 Å². The summed E-state index contributed by atoms with van der Waals surface area (Å²) < 4.78 is 37.5. The SMILES string of the molecule is CC(C)(C)c1ccnc(-c2[c-]cc(C(C)(C)C)c3c2oc2c(-c4ccccc4)c(C#N)ccc23)c1.[2H]c1nc(-c2[c-]ccc(C(C)(C)C)c2)c([2H])c([2H])c1[2H].[Ir]. The van der Waals surface area contributed by atoms with Gasteiger partial charge in [-0.1, -0.05) is 128 Å². The van der Waals surface area contributed by atoms with Crippen molar-refractivity contribution in [3.05, 3.63) is 144 Å². The smallest absolute Gasteiger partial charge is 0.130 e. The third-order valence-corrected chi connectivity index (χ3v) is 8.98. The van der Waals surface area contributed by atoms with Gasteiger partial charge in [-0.25, -0.2) is 0 Å². The summed E-state index contributed by atoms with van der Waals surface area (Å²) in [7, 11) is 0. The fourth-order valence-corrected chi connectivity index (χ4v) is 6.11. The predicted octanol–water partition coefficient (Wildman–Crippen LogP) is 12.4. The number of nitriles is 1. The molecule has 0 fully saturated rings. The van der Waals surface area contributed by atoms with Gasteiger partial charge in [0.2, 0.25) is 0 Å². The molecule has 1 radical (unpaired) electrons.